The van der Waals surface area contributed by atoms with Gasteiger partial charge in [-0.15, -0.1) is 0 Å². The van der Waals surface area contributed by atoms with E-state index in [0.717, 1.165) is 6.42 Å². The Morgan fingerprint density at radius 2 is 0.762 bits per heavy atom. The molecule has 1 aliphatic heterocycles. The van der Waals surface area contributed by atoms with E-state index in [1.54, 1.807) is 0 Å². The largest absolute Gasteiger partial charge is 0.356 e. The molecule has 0 radical (unpaired) electrons. The van der Waals surface area contributed by atoms with Gasteiger partial charge in [0, 0.05) is 77.7 Å². The van der Waals surface area contributed by atoms with Crippen LogP contribution in [0.4, 0.5) is 0 Å². The number of hydroxylamine groups is 6. The fraction of sp³-hybridized carbons (Fsp3) is 0.786. The minimum atomic E-state index is -0.558. The molecule has 1 fully saturated rings. The van der Waals surface area contributed by atoms with Crippen molar-refractivity contribution in [3.05, 3.63) is 0 Å². The monoisotopic (exact) mass is 599 g/mol. The van der Waals surface area contributed by atoms with Crippen LogP contribution in [-0.2, 0) is 28.8 Å². The molecular formula is C28H49N5O9. The summed E-state index contributed by atoms with van der Waals surface area (Å²) < 4.78 is 0. The van der Waals surface area contributed by atoms with Crippen molar-refractivity contribution in [3.8, 4) is 0 Å². The van der Waals surface area contributed by atoms with Crippen LogP contribution >= 0.6 is 0 Å². The minimum absolute atomic E-state index is 0.0466. The molecule has 0 saturated carbocycles. The van der Waals surface area contributed by atoms with Gasteiger partial charge >= 0.3 is 0 Å². The minimum Gasteiger partial charge on any atom is -0.356 e. The Morgan fingerprint density at radius 3 is 1.19 bits per heavy atom. The van der Waals surface area contributed by atoms with Crippen molar-refractivity contribution in [2.75, 3.05) is 32.7 Å². The van der Waals surface area contributed by atoms with Gasteiger partial charge in [0.1, 0.15) is 5.78 Å². The number of hydrogen-bond acceptors (Lipinski definition) is 9. The van der Waals surface area contributed by atoms with Crippen molar-refractivity contribution in [3.63, 3.8) is 0 Å². The summed E-state index contributed by atoms with van der Waals surface area (Å²) in [5.41, 5.74) is 0. The molecule has 0 atom stereocenters. The van der Waals surface area contributed by atoms with E-state index in [0.29, 0.717) is 92.5 Å². The first-order chi connectivity index (χ1) is 20.1. The van der Waals surface area contributed by atoms with E-state index in [2.05, 4.69) is 10.6 Å². The van der Waals surface area contributed by atoms with Gasteiger partial charge in [-0.25, -0.2) is 15.2 Å². The highest BCUT2D eigenvalue weighted by molar-refractivity contribution is 5.85. The number of Topliss-reactive ketones (excluding diaryl/α,β-unsaturated/α-hetero) is 1. The third-order valence-corrected chi connectivity index (χ3v) is 6.93. The third kappa shape index (κ3) is 18.4. The molecular weight excluding hydrogens is 550 g/mol. The molecule has 1 heterocycles. The van der Waals surface area contributed by atoms with E-state index in [1.807, 2.05) is 0 Å². The first-order valence-electron chi connectivity index (χ1n) is 15.1. The van der Waals surface area contributed by atoms with Crippen molar-refractivity contribution in [2.24, 2.45) is 0 Å². The Morgan fingerprint density at radius 1 is 0.405 bits per heavy atom. The molecule has 0 spiro atoms. The summed E-state index contributed by atoms with van der Waals surface area (Å²) in [6.45, 7) is 1.13. The van der Waals surface area contributed by atoms with Gasteiger partial charge in [-0.2, -0.15) is 0 Å². The fourth-order valence-corrected chi connectivity index (χ4v) is 4.27. The first kappa shape index (κ1) is 36.9. The Bertz CT molecular complexity index is 761. The van der Waals surface area contributed by atoms with E-state index in [1.165, 1.54) is 0 Å². The molecule has 42 heavy (non-hydrogen) atoms. The zero-order valence-electron chi connectivity index (χ0n) is 24.7. The number of ketones is 1. The predicted molar refractivity (Wildman–Crippen MR) is 150 cm³/mol. The van der Waals surface area contributed by atoms with Crippen LogP contribution in [0.3, 0.4) is 0 Å². The maximum Gasteiger partial charge on any atom is 0.246 e. The van der Waals surface area contributed by atoms with Crippen LogP contribution in [0, 0.1) is 0 Å². The van der Waals surface area contributed by atoms with Gasteiger partial charge in [-0.1, -0.05) is 12.8 Å². The number of amides is 5. The number of nitrogens with one attached hydrogen (secondary N) is 2. The molecule has 0 aromatic rings. The highest BCUT2D eigenvalue weighted by atomic mass is 16.5. The SMILES string of the molecule is O=C1CCCCCCN(O)C(=O)CCC(=O)NCCCCCN(O)C(=O)CCC(=O)NCCCCCN(O)C(=O)CC1. The standard InChI is InChI=1S/C28H49N5O9/c34-23-11-5-1-2-8-20-32(41)27(38)16-13-24(35)30-19-7-4-10-22-33(42)28(39)17-14-25(36)29-18-6-3-9-21-31(40)26(37)15-12-23/h40-42H,1-22H2,(H,29,36)(H,30,35). The summed E-state index contributed by atoms with van der Waals surface area (Å²) in [5.74, 6) is -2.32. The molecule has 0 aromatic carbocycles. The maximum absolute atomic E-state index is 12.1. The third-order valence-electron chi connectivity index (χ3n) is 6.93. The molecule has 5 N–H and O–H groups in total. The molecule has 14 nitrogen and oxygen atoms in total. The fourth-order valence-electron chi connectivity index (χ4n) is 4.27. The average Bonchev–Trinajstić information content (AvgIpc) is 2.97. The van der Waals surface area contributed by atoms with E-state index in [4.69, 9.17) is 0 Å². The van der Waals surface area contributed by atoms with Crippen LogP contribution in [0.15, 0.2) is 0 Å². The second kappa shape index (κ2) is 22.5. The molecule has 1 saturated heterocycles. The Balaban J connectivity index is 2.49. The lowest BCUT2D eigenvalue weighted by atomic mass is 10.1. The smallest absolute Gasteiger partial charge is 0.246 e. The Hall–Kier alpha value is -3.10. The maximum atomic E-state index is 12.1. The zero-order chi connectivity index (χ0) is 31.2. The molecule has 0 unspecified atom stereocenters. The van der Waals surface area contributed by atoms with Crippen LogP contribution in [0.25, 0.3) is 0 Å². The molecule has 14 heteroatoms. The van der Waals surface area contributed by atoms with Crippen molar-refractivity contribution in [1.29, 1.82) is 0 Å². The summed E-state index contributed by atoms with van der Waals surface area (Å²) in [5, 5.41) is 36.9. The normalized spacial score (nSPS) is 21.5. The number of carbonyl (C=O) groups excluding carboxylic acids is 6. The molecule has 1 aliphatic rings. The van der Waals surface area contributed by atoms with Crippen molar-refractivity contribution >= 4 is 35.3 Å². The second-order valence-electron chi connectivity index (χ2n) is 10.6. The number of hydrogen-bond donors (Lipinski definition) is 5. The van der Waals surface area contributed by atoms with Gasteiger partial charge < -0.3 is 10.6 Å². The molecule has 0 bridgehead atoms. The van der Waals surface area contributed by atoms with Gasteiger partial charge in [0.15, 0.2) is 0 Å². The number of nitrogens with zero attached hydrogens (tertiary/aromatic N) is 3. The number of rotatable bonds is 0. The predicted octanol–water partition coefficient (Wildman–Crippen LogP) is 2.09. The Kier molecular flexibility index (Phi) is 19.8. The lowest BCUT2D eigenvalue weighted by Crippen LogP contribution is -2.31. The van der Waals surface area contributed by atoms with E-state index >= 15 is 0 Å². The summed E-state index contributed by atoms with van der Waals surface area (Å²) in [4.78, 5) is 72.2. The summed E-state index contributed by atoms with van der Waals surface area (Å²) in [6, 6.07) is 0. The molecule has 0 aliphatic carbocycles. The number of carbonyl (C=O) groups is 6. The van der Waals surface area contributed by atoms with Crippen LogP contribution in [-0.4, -0.2) is 98.9 Å². The van der Waals surface area contributed by atoms with Crippen LogP contribution in [0.5, 0.6) is 0 Å². The van der Waals surface area contributed by atoms with Crippen molar-refractivity contribution in [1.82, 2.24) is 25.8 Å². The highest BCUT2D eigenvalue weighted by Gasteiger charge is 2.15. The summed E-state index contributed by atoms with van der Waals surface area (Å²) in [7, 11) is 0. The molecule has 240 valence electrons. The first-order valence-corrected chi connectivity index (χ1v) is 15.1. The highest BCUT2D eigenvalue weighted by Crippen LogP contribution is 2.09. The van der Waals surface area contributed by atoms with Crippen LogP contribution < -0.4 is 10.6 Å². The quantitative estimate of drug-likeness (QED) is 0.259. The van der Waals surface area contributed by atoms with Gasteiger partial charge in [0.05, 0.1) is 0 Å². The average molecular weight is 600 g/mol. The molecule has 5 amide bonds. The van der Waals surface area contributed by atoms with Crippen molar-refractivity contribution < 1.29 is 44.4 Å². The van der Waals surface area contributed by atoms with Gasteiger partial charge in [0.2, 0.25) is 29.5 Å². The van der Waals surface area contributed by atoms with Gasteiger partial charge in [-0.3, -0.25) is 44.4 Å². The van der Waals surface area contributed by atoms with E-state index in [9.17, 15) is 44.4 Å². The second-order valence-corrected chi connectivity index (χ2v) is 10.6. The topological polar surface area (TPSA) is 197 Å². The zero-order valence-corrected chi connectivity index (χ0v) is 24.7. The van der Waals surface area contributed by atoms with E-state index < -0.39 is 17.7 Å². The van der Waals surface area contributed by atoms with Crippen molar-refractivity contribution in [2.45, 2.75) is 109 Å². The van der Waals surface area contributed by atoms with E-state index in [-0.39, 0.29) is 75.8 Å². The Labute approximate surface area is 247 Å². The molecule has 1 rings (SSSR count). The van der Waals surface area contributed by atoms with Crippen LogP contribution in [0.1, 0.15) is 109 Å². The van der Waals surface area contributed by atoms with Gasteiger partial charge in [0.25, 0.3) is 0 Å². The lowest BCUT2D eigenvalue weighted by Gasteiger charge is -2.15. The molecule has 0 aromatic heterocycles. The summed E-state index contributed by atoms with van der Waals surface area (Å²) in [6.07, 6.45) is 6.08. The van der Waals surface area contributed by atoms with Gasteiger partial charge in [-0.05, 0) is 51.4 Å². The van der Waals surface area contributed by atoms with Crippen LogP contribution in [0.2, 0.25) is 0 Å². The lowest BCUT2D eigenvalue weighted by molar-refractivity contribution is -0.166. The summed E-state index contributed by atoms with van der Waals surface area (Å²) >= 11 is 0.